The molecule has 5 aromatic rings. The van der Waals surface area contributed by atoms with Crippen molar-refractivity contribution in [2.24, 2.45) is 0 Å². The van der Waals surface area contributed by atoms with Gasteiger partial charge in [-0.05, 0) is 78.6 Å². The molecule has 0 unspecified atom stereocenters. The predicted octanol–water partition coefficient (Wildman–Crippen LogP) is 7.64. The van der Waals surface area contributed by atoms with Crippen molar-refractivity contribution in [3.05, 3.63) is 120 Å². The Morgan fingerprint density at radius 1 is 0.676 bits per heavy atom. The summed E-state index contributed by atoms with van der Waals surface area (Å²) in [7, 11) is 0. The lowest BCUT2D eigenvalue weighted by Gasteiger charge is -2.13. The minimum atomic E-state index is 0.557. The second-order valence-corrected chi connectivity index (χ2v) is 8.46. The van der Waals surface area contributed by atoms with Gasteiger partial charge < -0.3 is 14.0 Å². The van der Waals surface area contributed by atoms with Gasteiger partial charge in [-0.1, -0.05) is 60.7 Å². The number of nitrogens with zero attached hydrogens (tertiary/aromatic N) is 1. The van der Waals surface area contributed by atoms with Crippen LogP contribution in [0, 0.1) is 6.92 Å². The molecule has 4 aromatic carbocycles. The third-order valence-corrected chi connectivity index (χ3v) is 6.16. The van der Waals surface area contributed by atoms with E-state index in [2.05, 4.69) is 96.4 Å². The van der Waals surface area contributed by atoms with Gasteiger partial charge in [-0.3, -0.25) is 0 Å². The molecule has 1 heterocycles. The van der Waals surface area contributed by atoms with Crippen molar-refractivity contribution in [3.8, 4) is 22.8 Å². The van der Waals surface area contributed by atoms with E-state index in [9.17, 15) is 0 Å². The predicted molar refractivity (Wildman–Crippen MR) is 140 cm³/mol. The molecule has 0 saturated carbocycles. The number of ether oxygens (including phenoxy) is 2. The van der Waals surface area contributed by atoms with Crippen molar-refractivity contribution in [1.82, 2.24) is 4.57 Å². The van der Waals surface area contributed by atoms with Gasteiger partial charge in [0.05, 0.1) is 12.3 Å². The molecule has 34 heavy (non-hydrogen) atoms. The van der Waals surface area contributed by atoms with Crippen LogP contribution in [0.4, 0.5) is 0 Å². The smallest absolute Gasteiger partial charge is 0.120 e. The van der Waals surface area contributed by atoms with Crippen LogP contribution in [0.2, 0.25) is 0 Å². The zero-order chi connectivity index (χ0) is 23.3. The summed E-state index contributed by atoms with van der Waals surface area (Å²) in [5.41, 5.74) is 7.30. The first-order chi connectivity index (χ1) is 16.7. The SMILES string of the molecule is CCOc1ccc(-c2c(C)c3cc(OCc4ccccc4)ccc3n2Cc2ccccc2)cc1. The summed E-state index contributed by atoms with van der Waals surface area (Å²) < 4.78 is 14.2. The van der Waals surface area contributed by atoms with Crippen LogP contribution in [0.5, 0.6) is 11.5 Å². The van der Waals surface area contributed by atoms with Crippen LogP contribution in [-0.4, -0.2) is 11.2 Å². The molecular weight excluding hydrogens is 418 g/mol. The van der Waals surface area contributed by atoms with Crippen molar-refractivity contribution >= 4 is 10.9 Å². The highest BCUT2D eigenvalue weighted by molar-refractivity contribution is 5.92. The summed E-state index contributed by atoms with van der Waals surface area (Å²) in [5, 5.41) is 1.21. The first-order valence-electron chi connectivity index (χ1n) is 11.8. The van der Waals surface area contributed by atoms with E-state index in [1.807, 2.05) is 25.1 Å². The van der Waals surface area contributed by atoms with Crippen LogP contribution < -0.4 is 9.47 Å². The number of aromatic nitrogens is 1. The Morgan fingerprint density at radius 2 is 1.32 bits per heavy atom. The van der Waals surface area contributed by atoms with Gasteiger partial charge in [0, 0.05) is 17.4 Å². The molecule has 0 bridgehead atoms. The minimum absolute atomic E-state index is 0.557. The highest BCUT2D eigenvalue weighted by Crippen LogP contribution is 2.36. The molecule has 0 atom stereocenters. The number of rotatable bonds is 8. The van der Waals surface area contributed by atoms with E-state index in [4.69, 9.17) is 9.47 Å². The van der Waals surface area contributed by atoms with Gasteiger partial charge in [0.1, 0.15) is 18.1 Å². The lowest BCUT2D eigenvalue weighted by atomic mass is 10.1. The maximum absolute atomic E-state index is 6.15. The number of hydrogen-bond donors (Lipinski definition) is 0. The summed E-state index contributed by atoms with van der Waals surface area (Å²) in [4.78, 5) is 0. The molecule has 0 radical (unpaired) electrons. The topological polar surface area (TPSA) is 23.4 Å². The Morgan fingerprint density at radius 3 is 2.00 bits per heavy atom. The van der Waals surface area contributed by atoms with E-state index in [0.29, 0.717) is 13.2 Å². The fourth-order valence-electron chi connectivity index (χ4n) is 4.51. The van der Waals surface area contributed by atoms with Gasteiger partial charge in [-0.2, -0.15) is 0 Å². The monoisotopic (exact) mass is 447 g/mol. The standard InChI is InChI=1S/C31H29NO2/c1-3-33-27-16-14-26(15-17-27)31-23(2)29-20-28(34-22-25-12-8-5-9-13-25)18-19-30(29)32(31)21-24-10-6-4-7-11-24/h4-20H,3,21-22H2,1-2H3. The Balaban J connectivity index is 1.56. The molecule has 0 amide bonds. The van der Waals surface area contributed by atoms with E-state index in [0.717, 1.165) is 23.6 Å². The van der Waals surface area contributed by atoms with Gasteiger partial charge in [-0.25, -0.2) is 0 Å². The first kappa shape index (κ1) is 21.8. The van der Waals surface area contributed by atoms with Crippen LogP contribution in [0.1, 0.15) is 23.6 Å². The maximum atomic E-state index is 6.15. The van der Waals surface area contributed by atoms with Crippen molar-refractivity contribution in [2.45, 2.75) is 27.0 Å². The normalized spacial score (nSPS) is 11.0. The molecule has 5 rings (SSSR count). The van der Waals surface area contributed by atoms with Gasteiger partial charge >= 0.3 is 0 Å². The molecule has 1 aromatic heterocycles. The van der Waals surface area contributed by atoms with Crippen LogP contribution in [0.3, 0.4) is 0 Å². The summed E-state index contributed by atoms with van der Waals surface area (Å²) >= 11 is 0. The highest BCUT2D eigenvalue weighted by atomic mass is 16.5. The Bertz CT molecular complexity index is 1370. The molecule has 0 aliphatic carbocycles. The van der Waals surface area contributed by atoms with Crippen LogP contribution in [0.15, 0.2) is 103 Å². The van der Waals surface area contributed by atoms with E-state index in [-0.39, 0.29) is 0 Å². The number of hydrogen-bond acceptors (Lipinski definition) is 2. The minimum Gasteiger partial charge on any atom is -0.494 e. The van der Waals surface area contributed by atoms with E-state index >= 15 is 0 Å². The molecular formula is C31H29NO2. The Labute approximate surface area is 201 Å². The summed E-state index contributed by atoms with van der Waals surface area (Å²) in [6, 6.07) is 35.7. The van der Waals surface area contributed by atoms with Crippen molar-refractivity contribution in [3.63, 3.8) is 0 Å². The average molecular weight is 448 g/mol. The molecule has 170 valence electrons. The summed E-state index contributed by atoms with van der Waals surface area (Å²) in [6.45, 7) is 6.24. The molecule has 0 saturated heterocycles. The van der Waals surface area contributed by atoms with Crippen LogP contribution >= 0.6 is 0 Å². The van der Waals surface area contributed by atoms with Crippen LogP contribution in [-0.2, 0) is 13.2 Å². The molecule has 0 spiro atoms. The zero-order valence-corrected chi connectivity index (χ0v) is 19.7. The second-order valence-electron chi connectivity index (χ2n) is 8.46. The van der Waals surface area contributed by atoms with E-state index < -0.39 is 0 Å². The van der Waals surface area contributed by atoms with Crippen molar-refractivity contribution < 1.29 is 9.47 Å². The third-order valence-electron chi connectivity index (χ3n) is 6.16. The van der Waals surface area contributed by atoms with E-state index in [1.165, 1.54) is 33.3 Å². The van der Waals surface area contributed by atoms with Gasteiger partial charge in [-0.15, -0.1) is 0 Å². The largest absolute Gasteiger partial charge is 0.494 e. The summed E-state index contributed by atoms with van der Waals surface area (Å²) in [5.74, 6) is 1.78. The maximum Gasteiger partial charge on any atom is 0.120 e. The van der Waals surface area contributed by atoms with Gasteiger partial charge in [0.25, 0.3) is 0 Å². The lowest BCUT2D eigenvalue weighted by Crippen LogP contribution is -2.02. The fourth-order valence-corrected chi connectivity index (χ4v) is 4.51. The fraction of sp³-hybridized carbons (Fsp3) is 0.161. The molecule has 0 aliphatic rings. The van der Waals surface area contributed by atoms with Gasteiger partial charge in [0.2, 0.25) is 0 Å². The number of benzene rings is 4. The molecule has 3 heteroatoms. The van der Waals surface area contributed by atoms with E-state index in [1.54, 1.807) is 0 Å². The molecule has 0 aliphatic heterocycles. The number of fused-ring (bicyclic) bond motifs is 1. The summed E-state index contributed by atoms with van der Waals surface area (Å²) in [6.07, 6.45) is 0. The van der Waals surface area contributed by atoms with Gasteiger partial charge in [0.15, 0.2) is 0 Å². The van der Waals surface area contributed by atoms with Crippen molar-refractivity contribution in [2.75, 3.05) is 6.61 Å². The second kappa shape index (κ2) is 9.88. The molecule has 0 fully saturated rings. The third kappa shape index (κ3) is 4.55. The van der Waals surface area contributed by atoms with Crippen molar-refractivity contribution in [1.29, 1.82) is 0 Å². The average Bonchev–Trinajstić information content (AvgIpc) is 3.15. The van der Waals surface area contributed by atoms with Crippen LogP contribution in [0.25, 0.3) is 22.2 Å². The highest BCUT2D eigenvalue weighted by Gasteiger charge is 2.17. The number of aryl methyl sites for hydroxylation is 1. The Kier molecular flexibility index (Phi) is 6.35. The zero-order valence-electron chi connectivity index (χ0n) is 19.7. The molecule has 3 nitrogen and oxygen atoms in total. The molecule has 0 N–H and O–H groups in total. The Hall–Kier alpha value is -3.98. The quantitative estimate of drug-likeness (QED) is 0.244. The first-order valence-corrected chi connectivity index (χ1v) is 11.8. The lowest BCUT2D eigenvalue weighted by molar-refractivity contribution is 0.306.